The highest BCUT2D eigenvalue weighted by Gasteiger charge is 2.17. The van der Waals surface area contributed by atoms with Crippen LogP contribution in [-0.2, 0) is 4.79 Å². The topological polar surface area (TPSA) is 85.3 Å². The minimum atomic E-state index is -0.239. The molecule has 0 aliphatic carbocycles. The van der Waals surface area contributed by atoms with Crippen LogP contribution in [0.15, 0.2) is 93.7 Å². The van der Waals surface area contributed by atoms with Gasteiger partial charge in [0.25, 0.3) is 5.91 Å². The summed E-state index contributed by atoms with van der Waals surface area (Å²) in [6.45, 7) is 2.04. The number of hydrogen-bond donors (Lipinski definition) is 1. The van der Waals surface area contributed by atoms with Gasteiger partial charge in [-0.3, -0.25) is 9.36 Å². The van der Waals surface area contributed by atoms with Gasteiger partial charge in [-0.2, -0.15) is 5.10 Å². The summed E-state index contributed by atoms with van der Waals surface area (Å²) in [4.78, 5) is 12.2. The first-order valence-corrected chi connectivity index (χ1v) is 10.9. The van der Waals surface area contributed by atoms with E-state index in [-0.39, 0.29) is 11.7 Å². The van der Waals surface area contributed by atoms with E-state index < -0.39 is 0 Å². The molecule has 2 aromatic carbocycles. The first-order valence-electron chi connectivity index (χ1n) is 9.93. The number of aromatic nitrogens is 3. The third-order valence-corrected chi connectivity index (χ3v) is 5.37. The van der Waals surface area contributed by atoms with Crippen LogP contribution in [0, 0.1) is 6.92 Å². The number of carbonyl (C=O) groups excluding carboxylic acids is 1. The predicted molar refractivity (Wildman–Crippen MR) is 127 cm³/mol. The highest BCUT2D eigenvalue weighted by atomic mass is 32.2. The Labute approximate surface area is 189 Å². The molecule has 0 bridgehead atoms. The normalized spacial score (nSPS) is 11.4. The number of amides is 1. The molecule has 0 saturated carbocycles. The molecule has 4 aromatic rings. The fourth-order valence-electron chi connectivity index (χ4n) is 2.90. The molecule has 1 amide bonds. The molecule has 0 aliphatic rings. The van der Waals surface area contributed by atoms with Crippen molar-refractivity contribution in [3.05, 3.63) is 90.4 Å². The monoisotopic (exact) mass is 443 g/mol. The number of nitrogens with zero attached hydrogens (tertiary/aromatic N) is 4. The van der Waals surface area contributed by atoms with E-state index in [0.717, 1.165) is 17.1 Å². The molecule has 32 heavy (non-hydrogen) atoms. The lowest BCUT2D eigenvalue weighted by atomic mass is 10.1. The van der Waals surface area contributed by atoms with Gasteiger partial charge < -0.3 is 4.42 Å². The van der Waals surface area contributed by atoms with E-state index in [1.165, 1.54) is 23.5 Å². The molecule has 0 unspecified atom stereocenters. The molecule has 2 aromatic heterocycles. The van der Waals surface area contributed by atoms with E-state index in [9.17, 15) is 4.79 Å². The average molecular weight is 444 g/mol. The molecule has 7 nitrogen and oxygen atoms in total. The maximum atomic E-state index is 12.2. The standard InChI is InChI=1S/C24H21N5O2S/c1-18-11-13-19(14-12-18)23-27-28-24(29(23)20-7-3-2-4-8-20)32-17-22(30)26-25-15-5-9-21-10-6-16-31-21/h2-16H,17H2,1H3,(H,26,30)/b9-5+,25-15-. The second-order valence-electron chi connectivity index (χ2n) is 6.82. The van der Waals surface area contributed by atoms with Crippen LogP contribution in [0.2, 0.25) is 0 Å². The summed E-state index contributed by atoms with van der Waals surface area (Å²) in [6.07, 6.45) is 6.52. The molecule has 0 saturated heterocycles. The first kappa shape index (κ1) is 21.3. The summed E-state index contributed by atoms with van der Waals surface area (Å²) in [5, 5.41) is 13.3. The maximum absolute atomic E-state index is 12.2. The van der Waals surface area contributed by atoms with E-state index in [0.29, 0.717) is 10.9 Å². The zero-order valence-electron chi connectivity index (χ0n) is 17.4. The Morgan fingerprint density at radius 3 is 2.66 bits per heavy atom. The van der Waals surface area contributed by atoms with Gasteiger partial charge in [-0.25, -0.2) is 5.43 Å². The van der Waals surface area contributed by atoms with Crippen LogP contribution >= 0.6 is 11.8 Å². The maximum Gasteiger partial charge on any atom is 0.250 e. The van der Waals surface area contributed by atoms with Crippen LogP contribution in [0.4, 0.5) is 0 Å². The van der Waals surface area contributed by atoms with Crippen LogP contribution in [-0.4, -0.2) is 32.6 Å². The van der Waals surface area contributed by atoms with Gasteiger partial charge in [0, 0.05) is 17.5 Å². The highest BCUT2D eigenvalue weighted by molar-refractivity contribution is 7.99. The van der Waals surface area contributed by atoms with Gasteiger partial charge in [-0.05, 0) is 43.3 Å². The van der Waals surface area contributed by atoms with Crippen molar-refractivity contribution in [3.8, 4) is 17.1 Å². The number of hydrogen-bond acceptors (Lipinski definition) is 6. The Morgan fingerprint density at radius 1 is 1.09 bits per heavy atom. The number of allylic oxidation sites excluding steroid dienone is 1. The molecule has 160 valence electrons. The van der Waals surface area contributed by atoms with Gasteiger partial charge in [-0.1, -0.05) is 59.8 Å². The van der Waals surface area contributed by atoms with E-state index in [1.54, 1.807) is 24.5 Å². The number of furan rings is 1. The van der Waals surface area contributed by atoms with Crippen LogP contribution in [0.25, 0.3) is 23.2 Å². The second kappa shape index (κ2) is 10.4. The second-order valence-corrected chi connectivity index (χ2v) is 7.76. The summed E-state index contributed by atoms with van der Waals surface area (Å²) in [6, 6.07) is 21.6. The molecule has 0 atom stereocenters. The molecule has 2 heterocycles. The smallest absolute Gasteiger partial charge is 0.250 e. The molecular formula is C24H21N5O2S. The number of carbonyl (C=O) groups is 1. The van der Waals surface area contributed by atoms with Gasteiger partial charge in [0.1, 0.15) is 5.76 Å². The lowest BCUT2D eigenvalue weighted by molar-refractivity contribution is -0.118. The highest BCUT2D eigenvalue weighted by Crippen LogP contribution is 2.28. The van der Waals surface area contributed by atoms with E-state index >= 15 is 0 Å². The summed E-state index contributed by atoms with van der Waals surface area (Å²) in [5.41, 5.74) is 5.56. The van der Waals surface area contributed by atoms with Crippen LogP contribution in [0.3, 0.4) is 0 Å². The SMILES string of the molecule is Cc1ccc(-c2nnc(SCC(=O)N/N=C\C=C\c3ccco3)n2-c2ccccc2)cc1. The first-order chi connectivity index (χ1) is 15.7. The van der Waals surface area contributed by atoms with Crippen molar-refractivity contribution in [2.45, 2.75) is 12.1 Å². The number of hydrazone groups is 1. The Hall–Kier alpha value is -3.91. The zero-order chi connectivity index (χ0) is 22.2. The van der Waals surface area contributed by atoms with Crippen molar-refractivity contribution in [2.75, 3.05) is 5.75 Å². The predicted octanol–water partition coefficient (Wildman–Crippen LogP) is 4.74. The van der Waals surface area contributed by atoms with Gasteiger partial charge in [-0.15, -0.1) is 10.2 Å². The number of benzene rings is 2. The Kier molecular flexibility index (Phi) is 6.94. The lowest BCUT2D eigenvalue weighted by Gasteiger charge is -2.10. The zero-order valence-corrected chi connectivity index (χ0v) is 18.2. The molecule has 4 rings (SSSR count). The van der Waals surface area contributed by atoms with Gasteiger partial charge in [0.05, 0.1) is 12.0 Å². The van der Waals surface area contributed by atoms with Gasteiger partial charge in [0.15, 0.2) is 11.0 Å². The number of aryl methyl sites for hydroxylation is 1. The summed E-state index contributed by atoms with van der Waals surface area (Å²) < 4.78 is 7.14. The molecular weight excluding hydrogens is 422 g/mol. The number of rotatable bonds is 8. The minimum Gasteiger partial charge on any atom is -0.465 e. The fraction of sp³-hybridized carbons (Fsp3) is 0.0833. The Morgan fingerprint density at radius 2 is 1.91 bits per heavy atom. The Bertz CT molecular complexity index is 1210. The van der Waals surface area contributed by atoms with E-state index in [2.05, 4.69) is 20.7 Å². The van der Waals surface area contributed by atoms with Crippen LogP contribution < -0.4 is 5.43 Å². The quantitative estimate of drug-likeness (QED) is 0.241. The molecule has 0 spiro atoms. The van der Waals surface area contributed by atoms with E-state index in [4.69, 9.17) is 4.42 Å². The van der Waals surface area contributed by atoms with Crippen molar-refractivity contribution in [2.24, 2.45) is 5.10 Å². The number of nitrogens with one attached hydrogen (secondary N) is 1. The van der Waals surface area contributed by atoms with Crippen molar-refractivity contribution in [1.29, 1.82) is 0 Å². The Balaban J connectivity index is 1.45. The molecule has 8 heteroatoms. The van der Waals surface area contributed by atoms with Crippen molar-refractivity contribution >= 4 is 30.0 Å². The molecule has 0 radical (unpaired) electrons. The van der Waals surface area contributed by atoms with E-state index in [1.807, 2.05) is 72.2 Å². The molecule has 0 aliphatic heterocycles. The fourth-order valence-corrected chi connectivity index (χ4v) is 3.65. The van der Waals surface area contributed by atoms with Crippen molar-refractivity contribution in [3.63, 3.8) is 0 Å². The average Bonchev–Trinajstić information content (AvgIpc) is 3.48. The largest absolute Gasteiger partial charge is 0.465 e. The summed E-state index contributed by atoms with van der Waals surface area (Å²) in [7, 11) is 0. The molecule has 0 fully saturated rings. The van der Waals surface area contributed by atoms with Crippen molar-refractivity contribution in [1.82, 2.24) is 20.2 Å². The summed E-state index contributed by atoms with van der Waals surface area (Å²) in [5.74, 6) is 1.35. The minimum absolute atomic E-state index is 0.151. The summed E-state index contributed by atoms with van der Waals surface area (Å²) >= 11 is 1.30. The third-order valence-electron chi connectivity index (χ3n) is 4.44. The van der Waals surface area contributed by atoms with Crippen LogP contribution in [0.5, 0.6) is 0 Å². The number of para-hydroxylation sites is 1. The lowest BCUT2D eigenvalue weighted by Crippen LogP contribution is -2.19. The van der Waals surface area contributed by atoms with Crippen LogP contribution in [0.1, 0.15) is 11.3 Å². The van der Waals surface area contributed by atoms with Gasteiger partial charge >= 0.3 is 0 Å². The molecule has 1 N–H and O–H groups in total. The van der Waals surface area contributed by atoms with Crippen molar-refractivity contribution < 1.29 is 9.21 Å². The van der Waals surface area contributed by atoms with Gasteiger partial charge in [0.2, 0.25) is 0 Å². The third kappa shape index (κ3) is 5.41. The number of thioether (sulfide) groups is 1.